The van der Waals surface area contributed by atoms with Crippen LogP contribution in [0.2, 0.25) is 0 Å². The quantitative estimate of drug-likeness (QED) is 0.763. The van der Waals surface area contributed by atoms with E-state index in [4.69, 9.17) is 0 Å². The van der Waals surface area contributed by atoms with Crippen LogP contribution in [-0.2, 0) is 16.2 Å². The molecule has 22 heavy (non-hydrogen) atoms. The third kappa shape index (κ3) is 5.71. The van der Waals surface area contributed by atoms with E-state index < -0.39 is 32.5 Å². The number of halogens is 5. The van der Waals surface area contributed by atoms with Gasteiger partial charge in [-0.05, 0) is 31.7 Å². The van der Waals surface area contributed by atoms with E-state index in [1.165, 1.54) is 0 Å². The molecule has 0 aliphatic carbocycles. The number of sulfonamides is 1. The van der Waals surface area contributed by atoms with Gasteiger partial charge in [-0.25, -0.2) is 17.5 Å². The summed E-state index contributed by atoms with van der Waals surface area (Å²) in [4.78, 5) is -0.625. The van der Waals surface area contributed by atoms with Gasteiger partial charge in [-0.15, -0.1) is 12.4 Å². The number of likely N-dealkylation sites (N-methyl/N-ethyl adjacent to an activating group) is 1. The van der Waals surface area contributed by atoms with Gasteiger partial charge < -0.3 is 5.32 Å². The molecule has 128 valence electrons. The summed E-state index contributed by atoms with van der Waals surface area (Å²) in [5.41, 5.74) is -1.61. The zero-order valence-electron chi connectivity index (χ0n) is 11.9. The van der Waals surface area contributed by atoms with Gasteiger partial charge in [-0.3, -0.25) is 0 Å². The Morgan fingerprint density at radius 2 is 1.86 bits per heavy atom. The zero-order chi connectivity index (χ0) is 16.3. The van der Waals surface area contributed by atoms with Gasteiger partial charge in [0.05, 0.1) is 10.5 Å². The smallest absolute Gasteiger partial charge is 0.313 e. The largest absolute Gasteiger partial charge is 0.419 e. The fourth-order valence-electron chi connectivity index (χ4n) is 1.63. The number of alkyl halides is 3. The average Bonchev–Trinajstić information content (AvgIpc) is 2.36. The summed E-state index contributed by atoms with van der Waals surface area (Å²) in [5.74, 6) is -1.51. The molecule has 10 heteroatoms. The highest BCUT2D eigenvalue weighted by molar-refractivity contribution is 7.89. The first-order valence-corrected chi connectivity index (χ1v) is 7.66. The molecule has 0 fully saturated rings. The molecule has 0 radical (unpaired) electrons. The molecule has 1 rings (SSSR count). The van der Waals surface area contributed by atoms with Gasteiger partial charge in [-0.2, -0.15) is 13.2 Å². The first-order chi connectivity index (χ1) is 9.58. The highest BCUT2D eigenvalue weighted by Crippen LogP contribution is 2.32. The molecule has 0 spiro atoms. The van der Waals surface area contributed by atoms with Gasteiger partial charge >= 0.3 is 6.18 Å². The highest BCUT2D eigenvalue weighted by atomic mass is 35.5. The van der Waals surface area contributed by atoms with E-state index in [1.54, 1.807) is 6.92 Å². The lowest BCUT2D eigenvalue weighted by Gasteiger charge is -2.14. The lowest BCUT2D eigenvalue weighted by molar-refractivity contribution is -0.140. The van der Waals surface area contributed by atoms with Gasteiger partial charge in [0, 0.05) is 12.6 Å². The Balaban J connectivity index is 0.00000441. The van der Waals surface area contributed by atoms with Crippen LogP contribution in [0, 0.1) is 5.82 Å². The number of rotatable bonds is 6. The molecule has 1 aromatic carbocycles. The van der Waals surface area contributed by atoms with E-state index in [2.05, 4.69) is 10.0 Å². The molecule has 0 bridgehead atoms. The van der Waals surface area contributed by atoms with Crippen molar-refractivity contribution in [2.45, 2.75) is 31.0 Å². The summed E-state index contributed by atoms with van der Waals surface area (Å²) in [7, 11) is -4.13. The molecular formula is C12H17ClF4N2O2S. The minimum atomic E-state index is -4.95. The minimum Gasteiger partial charge on any atom is -0.313 e. The Kier molecular flexibility index (Phi) is 7.76. The second kappa shape index (κ2) is 8.09. The maximum atomic E-state index is 13.1. The Morgan fingerprint density at radius 1 is 1.27 bits per heavy atom. The molecule has 1 atom stereocenters. The van der Waals surface area contributed by atoms with Crippen LogP contribution in [-0.4, -0.2) is 27.5 Å². The van der Waals surface area contributed by atoms with Crippen LogP contribution in [0.25, 0.3) is 0 Å². The highest BCUT2D eigenvalue weighted by Gasteiger charge is 2.35. The molecule has 0 saturated heterocycles. The van der Waals surface area contributed by atoms with E-state index >= 15 is 0 Å². The Morgan fingerprint density at radius 3 is 2.36 bits per heavy atom. The van der Waals surface area contributed by atoms with Crippen LogP contribution in [0.5, 0.6) is 0 Å². The molecule has 0 aliphatic rings. The SMILES string of the molecule is CCN[C@H](C)CNS(=O)(=O)c1ccc(F)c(C(F)(F)F)c1.Cl. The van der Waals surface area contributed by atoms with Crippen LogP contribution in [0.3, 0.4) is 0 Å². The minimum absolute atomic E-state index is 0. The molecule has 0 aromatic heterocycles. The van der Waals surface area contributed by atoms with Gasteiger partial charge in [-0.1, -0.05) is 6.92 Å². The van der Waals surface area contributed by atoms with Crippen molar-refractivity contribution < 1.29 is 26.0 Å². The van der Waals surface area contributed by atoms with Gasteiger partial charge in [0.15, 0.2) is 0 Å². The molecule has 0 unspecified atom stereocenters. The van der Waals surface area contributed by atoms with Crippen molar-refractivity contribution in [1.29, 1.82) is 0 Å². The molecule has 0 amide bonds. The van der Waals surface area contributed by atoms with Gasteiger partial charge in [0.2, 0.25) is 10.0 Å². The molecule has 2 N–H and O–H groups in total. The fourth-order valence-corrected chi connectivity index (χ4v) is 2.78. The maximum absolute atomic E-state index is 13.1. The monoisotopic (exact) mass is 364 g/mol. The van der Waals surface area contributed by atoms with E-state index in [1.807, 2.05) is 6.92 Å². The van der Waals surface area contributed by atoms with Crippen molar-refractivity contribution in [1.82, 2.24) is 10.0 Å². The molecule has 0 aliphatic heterocycles. The first-order valence-electron chi connectivity index (χ1n) is 6.17. The number of hydrogen-bond acceptors (Lipinski definition) is 3. The zero-order valence-corrected chi connectivity index (χ0v) is 13.5. The predicted molar refractivity (Wildman–Crippen MR) is 77.0 cm³/mol. The molecular weight excluding hydrogens is 348 g/mol. The summed E-state index contributed by atoms with van der Waals surface area (Å²) >= 11 is 0. The number of hydrogen-bond donors (Lipinski definition) is 2. The van der Waals surface area contributed by atoms with E-state index in [0.717, 1.165) is 6.07 Å². The molecule has 4 nitrogen and oxygen atoms in total. The van der Waals surface area contributed by atoms with Crippen LogP contribution < -0.4 is 10.0 Å². The van der Waals surface area contributed by atoms with Crippen LogP contribution in [0.15, 0.2) is 23.1 Å². The first kappa shape index (κ1) is 21.1. The van der Waals surface area contributed by atoms with E-state index in [0.29, 0.717) is 12.6 Å². The summed E-state index contributed by atoms with van der Waals surface area (Å²) < 4.78 is 76.8. The summed E-state index contributed by atoms with van der Waals surface area (Å²) in [6.07, 6.45) is -4.95. The number of benzene rings is 1. The third-order valence-electron chi connectivity index (χ3n) is 2.69. The van der Waals surface area contributed by atoms with Crippen molar-refractivity contribution in [3.63, 3.8) is 0 Å². The van der Waals surface area contributed by atoms with Crippen molar-refractivity contribution in [3.05, 3.63) is 29.6 Å². The second-order valence-corrected chi connectivity index (χ2v) is 6.22. The summed E-state index contributed by atoms with van der Waals surface area (Å²) in [5, 5.41) is 2.95. The number of nitrogens with one attached hydrogen (secondary N) is 2. The van der Waals surface area contributed by atoms with Gasteiger partial charge in [0.1, 0.15) is 5.82 Å². The van der Waals surface area contributed by atoms with E-state index in [9.17, 15) is 26.0 Å². The maximum Gasteiger partial charge on any atom is 0.419 e. The Hall–Kier alpha value is -0.900. The van der Waals surface area contributed by atoms with Crippen LogP contribution in [0.1, 0.15) is 19.4 Å². The standard InChI is InChI=1S/C12H16F4N2O2S.ClH/c1-3-17-8(2)7-18-21(19,20)9-4-5-11(13)10(6-9)12(14,15)16;/h4-6,8,17-18H,3,7H2,1-2H3;1H/t8-;/m1./s1. The Bertz CT molecular complexity index is 593. The van der Waals surface area contributed by atoms with Gasteiger partial charge in [0.25, 0.3) is 0 Å². The predicted octanol–water partition coefficient (Wildman–Crippen LogP) is 2.54. The Labute approximate surface area is 132 Å². The lowest BCUT2D eigenvalue weighted by Crippen LogP contribution is -2.38. The van der Waals surface area contributed by atoms with E-state index in [-0.39, 0.29) is 31.1 Å². The fraction of sp³-hybridized carbons (Fsp3) is 0.500. The van der Waals surface area contributed by atoms with Crippen molar-refractivity contribution in [2.24, 2.45) is 0 Å². The average molecular weight is 365 g/mol. The van der Waals surface area contributed by atoms with Crippen LogP contribution >= 0.6 is 12.4 Å². The van der Waals surface area contributed by atoms with Crippen LogP contribution in [0.4, 0.5) is 17.6 Å². The second-order valence-electron chi connectivity index (χ2n) is 4.45. The normalized spacial score (nSPS) is 13.5. The van der Waals surface area contributed by atoms with Crippen molar-refractivity contribution >= 4 is 22.4 Å². The summed E-state index contributed by atoms with van der Waals surface area (Å²) in [6.45, 7) is 4.19. The molecule has 0 saturated carbocycles. The molecule has 0 heterocycles. The summed E-state index contributed by atoms with van der Waals surface area (Å²) in [6, 6.07) is 1.39. The third-order valence-corrected chi connectivity index (χ3v) is 4.11. The molecule has 1 aromatic rings. The topological polar surface area (TPSA) is 58.2 Å². The van der Waals surface area contributed by atoms with Crippen molar-refractivity contribution in [3.8, 4) is 0 Å². The lowest BCUT2D eigenvalue weighted by atomic mass is 10.2. The van der Waals surface area contributed by atoms with Crippen molar-refractivity contribution in [2.75, 3.05) is 13.1 Å².